The van der Waals surface area contributed by atoms with Gasteiger partial charge in [-0.15, -0.1) is 0 Å². The van der Waals surface area contributed by atoms with Gasteiger partial charge >= 0.3 is 6.09 Å². The van der Waals surface area contributed by atoms with E-state index in [-0.39, 0.29) is 11.9 Å². The Hall–Kier alpha value is -1.30. The Morgan fingerprint density at radius 2 is 1.85 bits per heavy atom. The molecule has 0 heterocycles. The van der Waals surface area contributed by atoms with Gasteiger partial charge in [-0.3, -0.25) is 4.79 Å². The Bertz CT molecular complexity index is 313. The van der Waals surface area contributed by atoms with Crippen molar-refractivity contribution in [3.63, 3.8) is 0 Å². The molecule has 0 aromatic rings. The summed E-state index contributed by atoms with van der Waals surface area (Å²) in [6.07, 6.45) is 0.333. The zero-order valence-electron chi connectivity index (χ0n) is 13.6. The summed E-state index contributed by atoms with van der Waals surface area (Å²) in [5, 5.41) is 5.82. The quantitative estimate of drug-likeness (QED) is 0.694. The minimum Gasteiger partial charge on any atom is -0.444 e. The largest absolute Gasteiger partial charge is 0.444 e. The van der Waals surface area contributed by atoms with Crippen molar-refractivity contribution < 1.29 is 14.3 Å². The Kier molecular flexibility index (Phi) is 8.22. The lowest BCUT2D eigenvalue weighted by atomic mass is 10.2. The van der Waals surface area contributed by atoms with Crippen molar-refractivity contribution in [1.82, 2.24) is 15.5 Å². The number of carbonyl (C=O) groups is 2. The Morgan fingerprint density at radius 3 is 2.35 bits per heavy atom. The highest BCUT2D eigenvalue weighted by Gasteiger charge is 2.16. The van der Waals surface area contributed by atoms with E-state index >= 15 is 0 Å². The van der Waals surface area contributed by atoms with Crippen molar-refractivity contribution in [1.29, 1.82) is 0 Å². The van der Waals surface area contributed by atoms with Crippen molar-refractivity contribution in [3.05, 3.63) is 0 Å². The monoisotopic (exact) mass is 287 g/mol. The van der Waals surface area contributed by atoms with Crippen LogP contribution in [-0.4, -0.2) is 55.2 Å². The molecule has 0 rings (SSSR count). The van der Waals surface area contributed by atoms with Crippen LogP contribution in [0.25, 0.3) is 0 Å². The summed E-state index contributed by atoms with van der Waals surface area (Å²) < 4.78 is 5.12. The zero-order valence-corrected chi connectivity index (χ0v) is 13.6. The Labute approximate surface area is 122 Å². The van der Waals surface area contributed by atoms with Crippen molar-refractivity contribution >= 4 is 12.0 Å². The van der Waals surface area contributed by atoms with Crippen LogP contribution in [0.15, 0.2) is 0 Å². The topological polar surface area (TPSA) is 70.7 Å². The number of nitrogens with zero attached hydrogens (tertiary/aromatic N) is 1. The van der Waals surface area contributed by atoms with Gasteiger partial charge in [0.25, 0.3) is 0 Å². The molecule has 2 amide bonds. The van der Waals surface area contributed by atoms with E-state index in [1.54, 1.807) is 11.9 Å². The van der Waals surface area contributed by atoms with Crippen LogP contribution in [0.5, 0.6) is 0 Å². The summed E-state index contributed by atoms with van der Waals surface area (Å²) >= 11 is 0. The first-order valence-corrected chi connectivity index (χ1v) is 7.12. The number of nitrogens with one attached hydrogen (secondary N) is 2. The number of ether oxygens (including phenoxy) is 1. The summed E-state index contributed by atoms with van der Waals surface area (Å²) in [5.41, 5.74) is -0.478. The third-order valence-corrected chi connectivity index (χ3v) is 2.69. The lowest BCUT2D eigenvalue weighted by Gasteiger charge is -2.21. The first-order valence-electron chi connectivity index (χ1n) is 7.12. The molecule has 0 aliphatic rings. The normalized spacial score (nSPS) is 12.7. The second-order valence-corrected chi connectivity index (χ2v) is 5.81. The fourth-order valence-corrected chi connectivity index (χ4v) is 1.49. The highest BCUT2D eigenvalue weighted by atomic mass is 16.6. The number of alkyl carbamates (subject to hydrolysis) is 1. The van der Waals surface area contributed by atoms with Gasteiger partial charge < -0.3 is 20.3 Å². The van der Waals surface area contributed by atoms with E-state index in [1.807, 2.05) is 34.6 Å². The van der Waals surface area contributed by atoms with Crippen molar-refractivity contribution in [2.75, 3.05) is 26.7 Å². The van der Waals surface area contributed by atoms with Gasteiger partial charge in [0, 0.05) is 20.1 Å². The summed E-state index contributed by atoms with van der Waals surface area (Å²) in [6, 6.07) is -0.207. The molecule has 0 aliphatic carbocycles. The first-order chi connectivity index (χ1) is 9.17. The molecule has 6 nitrogen and oxygen atoms in total. The average Bonchev–Trinajstić information content (AvgIpc) is 2.34. The van der Waals surface area contributed by atoms with Gasteiger partial charge in [0.2, 0.25) is 5.91 Å². The molecule has 6 heteroatoms. The molecule has 0 aromatic carbocycles. The van der Waals surface area contributed by atoms with Gasteiger partial charge in [-0.1, -0.05) is 0 Å². The molecule has 0 spiro atoms. The van der Waals surface area contributed by atoms with Crippen molar-refractivity contribution in [3.8, 4) is 0 Å². The maximum Gasteiger partial charge on any atom is 0.407 e. The Morgan fingerprint density at radius 1 is 1.25 bits per heavy atom. The maximum atomic E-state index is 11.8. The molecule has 0 aromatic heterocycles. The van der Waals surface area contributed by atoms with Crippen LogP contribution < -0.4 is 10.6 Å². The fourth-order valence-electron chi connectivity index (χ4n) is 1.49. The lowest BCUT2D eigenvalue weighted by molar-refractivity contribution is -0.131. The maximum absolute atomic E-state index is 11.8. The van der Waals surface area contributed by atoms with E-state index in [4.69, 9.17) is 4.74 Å². The molecule has 0 fully saturated rings. The highest BCUT2D eigenvalue weighted by molar-refractivity contribution is 5.81. The van der Waals surface area contributed by atoms with E-state index in [9.17, 15) is 9.59 Å². The number of rotatable bonds is 7. The van der Waals surface area contributed by atoms with Gasteiger partial charge in [-0.25, -0.2) is 4.79 Å². The third kappa shape index (κ3) is 8.74. The van der Waals surface area contributed by atoms with Gasteiger partial charge in [0.05, 0.1) is 6.04 Å². The van der Waals surface area contributed by atoms with E-state index in [1.165, 1.54) is 0 Å². The van der Waals surface area contributed by atoms with Crippen LogP contribution in [0.3, 0.4) is 0 Å². The van der Waals surface area contributed by atoms with Crippen LogP contribution in [-0.2, 0) is 9.53 Å². The number of carbonyl (C=O) groups excluding carboxylic acids is 2. The number of hydrogen-bond acceptors (Lipinski definition) is 4. The van der Waals surface area contributed by atoms with Crippen LogP contribution in [0.4, 0.5) is 4.79 Å². The van der Waals surface area contributed by atoms with E-state index in [0.717, 1.165) is 6.42 Å². The molecule has 1 unspecified atom stereocenters. The molecular weight excluding hydrogens is 258 g/mol. The third-order valence-electron chi connectivity index (χ3n) is 2.69. The molecule has 2 N–H and O–H groups in total. The zero-order chi connectivity index (χ0) is 15.8. The summed E-state index contributed by atoms with van der Waals surface area (Å²) in [6.45, 7) is 11.1. The number of amides is 2. The lowest BCUT2D eigenvalue weighted by Crippen LogP contribution is -2.43. The van der Waals surface area contributed by atoms with Gasteiger partial charge in [-0.05, 0) is 47.6 Å². The van der Waals surface area contributed by atoms with Crippen LogP contribution >= 0.6 is 0 Å². The molecule has 0 aliphatic heterocycles. The Balaban J connectivity index is 3.72. The molecule has 118 valence electrons. The molecule has 0 bridgehead atoms. The van der Waals surface area contributed by atoms with Crippen molar-refractivity contribution in [2.45, 2.75) is 52.7 Å². The fraction of sp³-hybridized carbons (Fsp3) is 0.857. The van der Waals surface area contributed by atoms with Gasteiger partial charge in [-0.2, -0.15) is 0 Å². The van der Waals surface area contributed by atoms with Crippen LogP contribution in [0.1, 0.15) is 41.0 Å². The molecule has 20 heavy (non-hydrogen) atoms. The van der Waals surface area contributed by atoms with E-state index in [0.29, 0.717) is 19.6 Å². The first kappa shape index (κ1) is 18.7. The second-order valence-electron chi connectivity index (χ2n) is 5.81. The van der Waals surface area contributed by atoms with Crippen LogP contribution in [0, 0.1) is 0 Å². The van der Waals surface area contributed by atoms with Crippen molar-refractivity contribution in [2.24, 2.45) is 0 Å². The van der Waals surface area contributed by atoms with E-state index in [2.05, 4.69) is 10.6 Å². The predicted molar refractivity (Wildman–Crippen MR) is 79.6 cm³/mol. The SMILES string of the molecule is CCN(C)C(=O)C(C)NCCCNC(=O)OC(C)(C)C. The summed E-state index contributed by atoms with van der Waals surface area (Å²) in [7, 11) is 1.78. The smallest absolute Gasteiger partial charge is 0.407 e. The van der Waals surface area contributed by atoms with Crippen LogP contribution in [0.2, 0.25) is 0 Å². The summed E-state index contributed by atoms with van der Waals surface area (Å²) in [4.78, 5) is 24.8. The highest BCUT2D eigenvalue weighted by Crippen LogP contribution is 2.06. The van der Waals surface area contributed by atoms with Gasteiger partial charge in [0.1, 0.15) is 5.60 Å². The average molecular weight is 287 g/mol. The molecule has 0 saturated carbocycles. The number of hydrogen-bond donors (Lipinski definition) is 2. The van der Waals surface area contributed by atoms with Gasteiger partial charge in [0.15, 0.2) is 0 Å². The predicted octanol–water partition coefficient (Wildman–Crippen LogP) is 1.36. The molecule has 0 saturated heterocycles. The van der Waals surface area contributed by atoms with E-state index < -0.39 is 11.7 Å². The minimum absolute atomic E-state index is 0.0765. The molecular formula is C14H29N3O3. The summed E-state index contributed by atoms with van der Waals surface area (Å²) in [5.74, 6) is 0.0765. The second kappa shape index (κ2) is 8.79. The minimum atomic E-state index is -0.478. The standard InChI is InChI=1S/C14H29N3O3/c1-7-17(6)12(18)11(2)15-9-8-10-16-13(19)20-14(3,4)5/h11,15H,7-10H2,1-6H3,(H,16,19). The molecule has 1 atom stereocenters. The number of likely N-dealkylation sites (N-methyl/N-ethyl adjacent to an activating group) is 1. The molecule has 0 radical (unpaired) electrons.